The molecule has 2 N–H and O–H groups in total. The van der Waals surface area contributed by atoms with Crippen LogP contribution < -0.4 is 5.32 Å². The Morgan fingerprint density at radius 3 is 2.92 bits per heavy atom. The molecular formula is C9H17NO2. The van der Waals surface area contributed by atoms with E-state index in [-0.39, 0.29) is 6.10 Å². The van der Waals surface area contributed by atoms with Gasteiger partial charge in [-0.25, -0.2) is 0 Å². The molecule has 4 unspecified atom stereocenters. The van der Waals surface area contributed by atoms with Crippen molar-refractivity contribution < 1.29 is 9.84 Å². The normalized spacial score (nSPS) is 42.0. The number of hydrogen-bond acceptors (Lipinski definition) is 3. The molecule has 3 nitrogen and oxygen atoms in total. The van der Waals surface area contributed by atoms with Crippen molar-refractivity contribution in [1.29, 1.82) is 0 Å². The third-order valence-electron chi connectivity index (χ3n) is 3.06. The van der Waals surface area contributed by atoms with Crippen LogP contribution in [0.4, 0.5) is 0 Å². The molecule has 3 heteroatoms. The molecule has 0 radical (unpaired) electrons. The van der Waals surface area contributed by atoms with Crippen molar-refractivity contribution in [3.05, 3.63) is 0 Å². The van der Waals surface area contributed by atoms with E-state index in [1.54, 1.807) is 0 Å². The van der Waals surface area contributed by atoms with Crippen LogP contribution in [0.15, 0.2) is 0 Å². The summed E-state index contributed by atoms with van der Waals surface area (Å²) in [7, 11) is 1.87. The van der Waals surface area contributed by atoms with Crippen LogP contribution in [0.25, 0.3) is 0 Å². The molecule has 0 aromatic carbocycles. The standard InChI is InChI=1S/C9H17NO2/c1-10-5-8(11)7-4-6-2-3-9(7)12-6/h6-11H,2-5H2,1H3. The minimum Gasteiger partial charge on any atom is -0.391 e. The molecule has 2 fully saturated rings. The topological polar surface area (TPSA) is 41.5 Å². The van der Waals surface area contributed by atoms with Gasteiger partial charge in [-0.05, 0) is 26.3 Å². The minimum atomic E-state index is -0.217. The van der Waals surface area contributed by atoms with E-state index in [1.165, 1.54) is 6.42 Å². The number of aliphatic hydroxyl groups excluding tert-OH is 1. The van der Waals surface area contributed by atoms with Crippen LogP contribution in [-0.4, -0.2) is 37.0 Å². The Balaban J connectivity index is 1.89. The van der Waals surface area contributed by atoms with E-state index in [0.717, 1.165) is 12.8 Å². The summed E-state index contributed by atoms with van der Waals surface area (Å²) in [5.41, 5.74) is 0. The van der Waals surface area contributed by atoms with E-state index in [9.17, 15) is 5.11 Å². The van der Waals surface area contributed by atoms with E-state index in [4.69, 9.17) is 4.74 Å². The highest BCUT2D eigenvalue weighted by Gasteiger charge is 2.43. The van der Waals surface area contributed by atoms with E-state index in [2.05, 4.69) is 5.32 Å². The van der Waals surface area contributed by atoms with Gasteiger partial charge in [-0.1, -0.05) is 0 Å². The van der Waals surface area contributed by atoms with E-state index in [0.29, 0.717) is 24.7 Å². The lowest BCUT2D eigenvalue weighted by Gasteiger charge is -2.23. The van der Waals surface area contributed by atoms with Gasteiger partial charge in [0.05, 0.1) is 18.3 Å². The number of ether oxygens (including phenoxy) is 1. The molecule has 0 amide bonds. The first kappa shape index (κ1) is 8.48. The Kier molecular flexibility index (Phi) is 2.35. The van der Waals surface area contributed by atoms with E-state index < -0.39 is 0 Å². The maximum absolute atomic E-state index is 9.73. The van der Waals surface area contributed by atoms with Crippen LogP contribution in [0.2, 0.25) is 0 Å². The van der Waals surface area contributed by atoms with Gasteiger partial charge in [0.2, 0.25) is 0 Å². The van der Waals surface area contributed by atoms with E-state index >= 15 is 0 Å². The smallest absolute Gasteiger partial charge is 0.0718 e. The van der Waals surface area contributed by atoms with Gasteiger partial charge < -0.3 is 15.2 Å². The molecule has 2 saturated heterocycles. The highest BCUT2D eigenvalue weighted by Crippen LogP contribution is 2.40. The second kappa shape index (κ2) is 3.32. The van der Waals surface area contributed by atoms with Crippen LogP contribution in [-0.2, 0) is 4.74 Å². The van der Waals surface area contributed by atoms with Gasteiger partial charge >= 0.3 is 0 Å². The van der Waals surface area contributed by atoms with Crippen LogP contribution >= 0.6 is 0 Å². The van der Waals surface area contributed by atoms with Crippen LogP contribution in [0.3, 0.4) is 0 Å². The average Bonchev–Trinajstić information content (AvgIpc) is 2.64. The van der Waals surface area contributed by atoms with Gasteiger partial charge in [0.1, 0.15) is 0 Å². The number of nitrogens with one attached hydrogen (secondary N) is 1. The summed E-state index contributed by atoms with van der Waals surface area (Å²) >= 11 is 0. The van der Waals surface area contributed by atoms with Gasteiger partial charge in [0.15, 0.2) is 0 Å². The largest absolute Gasteiger partial charge is 0.391 e. The zero-order valence-corrected chi connectivity index (χ0v) is 7.49. The van der Waals surface area contributed by atoms with Gasteiger partial charge in [-0.3, -0.25) is 0 Å². The highest BCUT2D eigenvalue weighted by atomic mass is 16.5. The summed E-state index contributed by atoms with van der Waals surface area (Å²) in [6.45, 7) is 0.692. The third kappa shape index (κ3) is 1.37. The Morgan fingerprint density at radius 1 is 1.58 bits per heavy atom. The van der Waals surface area contributed by atoms with Gasteiger partial charge in [0, 0.05) is 12.5 Å². The Hall–Kier alpha value is -0.120. The fourth-order valence-electron chi connectivity index (χ4n) is 2.44. The molecule has 4 atom stereocenters. The molecule has 2 aliphatic heterocycles. The molecule has 0 aromatic heterocycles. The van der Waals surface area contributed by atoms with E-state index in [1.807, 2.05) is 7.05 Å². The van der Waals surface area contributed by atoms with Crippen molar-refractivity contribution in [1.82, 2.24) is 5.32 Å². The lowest BCUT2D eigenvalue weighted by Crippen LogP contribution is -2.36. The first-order chi connectivity index (χ1) is 5.81. The quantitative estimate of drug-likeness (QED) is 0.634. The predicted molar refractivity (Wildman–Crippen MR) is 45.9 cm³/mol. The SMILES string of the molecule is CNCC(O)C1CC2CCC1O2. The maximum atomic E-state index is 9.73. The Labute approximate surface area is 73.1 Å². The molecule has 2 aliphatic rings. The fourth-order valence-corrected chi connectivity index (χ4v) is 2.44. The Morgan fingerprint density at radius 2 is 2.42 bits per heavy atom. The van der Waals surface area contributed by atoms with Crippen molar-refractivity contribution in [3.8, 4) is 0 Å². The zero-order valence-electron chi connectivity index (χ0n) is 7.49. The molecule has 0 saturated carbocycles. The number of likely N-dealkylation sites (N-methyl/N-ethyl adjacent to an activating group) is 1. The van der Waals surface area contributed by atoms with Crippen LogP contribution in [0.5, 0.6) is 0 Å². The summed E-state index contributed by atoms with van der Waals surface area (Å²) < 4.78 is 5.66. The zero-order chi connectivity index (χ0) is 8.55. The van der Waals surface area contributed by atoms with Gasteiger partial charge in [-0.15, -0.1) is 0 Å². The van der Waals surface area contributed by atoms with Crippen molar-refractivity contribution in [2.45, 2.75) is 37.6 Å². The second-order valence-corrected chi connectivity index (χ2v) is 3.90. The summed E-state index contributed by atoms with van der Waals surface area (Å²) in [6.07, 6.45) is 3.99. The molecule has 0 spiro atoms. The molecule has 2 rings (SSSR count). The molecule has 0 aromatic rings. The monoisotopic (exact) mass is 171 g/mol. The van der Waals surface area contributed by atoms with Crippen LogP contribution in [0, 0.1) is 5.92 Å². The lowest BCUT2D eigenvalue weighted by molar-refractivity contribution is 0.0439. The number of hydrogen-bond donors (Lipinski definition) is 2. The first-order valence-electron chi connectivity index (χ1n) is 4.79. The van der Waals surface area contributed by atoms with Gasteiger partial charge in [-0.2, -0.15) is 0 Å². The Bertz CT molecular complexity index is 163. The van der Waals surface area contributed by atoms with Crippen LogP contribution in [0.1, 0.15) is 19.3 Å². The summed E-state index contributed by atoms with van der Waals surface area (Å²) in [6, 6.07) is 0. The lowest BCUT2D eigenvalue weighted by atomic mass is 9.85. The van der Waals surface area contributed by atoms with Crippen molar-refractivity contribution >= 4 is 0 Å². The number of aliphatic hydroxyl groups is 1. The molecular weight excluding hydrogens is 154 g/mol. The highest BCUT2D eigenvalue weighted by molar-refractivity contribution is 4.93. The summed E-state index contributed by atoms with van der Waals surface area (Å²) in [5.74, 6) is 0.385. The summed E-state index contributed by atoms with van der Waals surface area (Å²) in [4.78, 5) is 0. The molecule has 2 bridgehead atoms. The fraction of sp³-hybridized carbons (Fsp3) is 1.00. The summed E-state index contributed by atoms with van der Waals surface area (Å²) in [5, 5.41) is 12.7. The number of rotatable bonds is 3. The molecule has 2 heterocycles. The molecule has 0 aliphatic carbocycles. The third-order valence-corrected chi connectivity index (χ3v) is 3.06. The van der Waals surface area contributed by atoms with Crippen molar-refractivity contribution in [3.63, 3.8) is 0 Å². The van der Waals surface area contributed by atoms with Crippen molar-refractivity contribution in [2.75, 3.05) is 13.6 Å². The second-order valence-electron chi connectivity index (χ2n) is 3.90. The number of fused-ring (bicyclic) bond motifs is 2. The maximum Gasteiger partial charge on any atom is 0.0718 e. The molecule has 12 heavy (non-hydrogen) atoms. The van der Waals surface area contributed by atoms with Crippen molar-refractivity contribution in [2.24, 2.45) is 5.92 Å². The van der Waals surface area contributed by atoms with Gasteiger partial charge in [0.25, 0.3) is 0 Å². The minimum absolute atomic E-state index is 0.217. The average molecular weight is 171 g/mol. The first-order valence-corrected chi connectivity index (χ1v) is 4.79. The predicted octanol–water partition coefficient (Wildman–Crippen LogP) is 0.134. The molecule has 70 valence electrons.